The van der Waals surface area contributed by atoms with Gasteiger partial charge in [-0.2, -0.15) is 18.2 Å². The lowest BCUT2D eigenvalue weighted by Gasteiger charge is -2.21. The van der Waals surface area contributed by atoms with Gasteiger partial charge in [0.05, 0.1) is 5.56 Å². The number of rotatable bonds is 6. The predicted molar refractivity (Wildman–Crippen MR) is 101 cm³/mol. The van der Waals surface area contributed by atoms with Crippen molar-refractivity contribution in [3.63, 3.8) is 0 Å². The molecule has 0 aliphatic rings. The van der Waals surface area contributed by atoms with E-state index in [4.69, 9.17) is 4.52 Å². The smallest absolute Gasteiger partial charge is 0.340 e. The van der Waals surface area contributed by atoms with Crippen LogP contribution in [0.2, 0.25) is 0 Å². The van der Waals surface area contributed by atoms with Crippen LogP contribution in [0.25, 0.3) is 11.4 Å². The first-order chi connectivity index (χ1) is 13.8. The summed E-state index contributed by atoms with van der Waals surface area (Å²) in [6, 6.07) is 12.7. The molecule has 0 unspecified atom stereocenters. The van der Waals surface area contributed by atoms with Crippen LogP contribution in [0.1, 0.15) is 48.1 Å². The van der Waals surface area contributed by atoms with Gasteiger partial charge in [0, 0.05) is 11.1 Å². The van der Waals surface area contributed by atoms with E-state index in [0.29, 0.717) is 5.82 Å². The van der Waals surface area contributed by atoms with Crippen LogP contribution in [0.3, 0.4) is 0 Å². The molecule has 3 rings (SSSR count). The second-order valence-electron chi connectivity index (χ2n) is 6.73. The second kappa shape index (κ2) is 8.46. The van der Waals surface area contributed by atoms with Gasteiger partial charge in [-0.1, -0.05) is 55.8 Å². The third-order valence-corrected chi connectivity index (χ3v) is 4.71. The molecular formula is C21H20F3N3O2. The van der Waals surface area contributed by atoms with Gasteiger partial charge in [0.2, 0.25) is 11.7 Å². The fourth-order valence-electron chi connectivity index (χ4n) is 2.78. The summed E-state index contributed by atoms with van der Waals surface area (Å²) in [7, 11) is 0. The van der Waals surface area contributed by atoms with E-state index in [1.165, 1.54) is 0 Å². The van der Waals surface area contributed by atoms with E-state index in [2.05, 4.69) is 15.5 Å². The van der Waals surface area contributed by atoms with Gasteiger partial charge in [-0.25, -0.2) is 0 Å². The van der Waals surface area contributed by atoms with Crippen LogP contribution in [-0.2, 0) is 6.18 Å². The van der Waals surface area contributed by atoms with Gasteiger partial charge in [0.15, 0.2) is 0 Å². The molecule has 0 saturated heterocycles. The minimum atomic E-state index is -4.45. The molecule has 0 bridgehead atoms. The molecule has 1 N–H and O–H groups in total. The Kier molecular flexibility index (Phi) is 6.00. The van der Waals surface area contributed by atoms with Gasteiger partial charge >= 0.3 is 6.18 Å². The summed E-state index contributed by atoms with van der Waals surface area (Å²) in [6.07, 6.45) is -3.73. The molecule has 1 amide bonds. The highest BCUT2D eigenvalue weighted by molar-refractivity contribution is 5.94. The maximum atomic E-state index is 12.7. The molecule has 2 aromatic carbocycles. The highest BCUT2D eigenvalue weighted by atomic mass is 19.4. The molecule has 0 aliphatic heterocycles. The summed E-state index contributed by atoms with van der Waals surface area (Å²) >= 11 is 0. The normalized spacial score (nSPS) is 13.7. The van der Waals surface area contributed by atoms with E-state index in [1.54, 1.807) is 0 Å². The first-order valence-electron chi connectivity index (χ1n) is 9.16. The molecule has 0 radical (unpaired) electrons. The monoisotopic (exact) mass is 403 g/mol. The van der Waals surface area contributed by atoms with E-state index in [-0.39, 0.29) is 17.4 Å². The molecule has 8 heteroatoms. The van der Waals surface area contributed by atoms with Crippen molar-refractivity contribution in [2.75, 3.05) is 0 Å². The Hall–Kier alpha value is -3.16. The lowest BCUT2D eigenvalue weighted by Crippen LogP contribution is -2.32. The quantitative estimate of drug-likeness (QED) is 0.609. The number of nitrogens with zero attached hydrogens (tertiary/aromatic N) is 2. The summed E-state index contributed by atoms with van der Waals surface area (Å²) in [5.41, 5.74) is 0.0884. The van der Waals surface area contributed by atoms with Gasteiger partial charge < -0.3 is 9.84 Å². The second-order valence-corrected chi connectivity index (χ2v) is 6.73. The van der Waals surface area contributed by atoms with Crippen molar-refractivity contribution in [3.8, 4) is 11.4 Å². The number of nitrogens with one attached hydrogen (secondary N) is 1. The SMILES string of the molecule is CC[C@@H](C)[C@@H](NC(=O)c1ccc(C(F)(F)F)cc1)c1nc(-c2ccccc2)no1. The van der Waals surface area contributed by atoms with Crippen molar-refractivity contribution in [2.24, 2.45) is 5.92 Å². The molecular weight excluding hydrogens is 383 g/mol. The summed E-state index contributed by atoms with van der Waals surface area (Å²) in [6.45, 7) is 3.88. The number of halogens is 3. The standard InChI is InChI=1S/C21H20F3N3O2/c1-3-13(2)17(20-26-18(27-29-20)14-7-5-4-6-8-14)25-19(28)15-9-11-16(12-10-15)21(22,23)24/h4-13,17H,3H2,1-2H3,(H,25,28)/t13-,17-/m1/s1. The summed E-state index contributed by atoms with van der Waals surface area (Å²) < 4.78 is 43.5. The van der Waals surface area contributed by atoms with Crippen molar-refractivity contribution in [1.29, 1.82) is 0 Å². The summed E-state index contributed by atoms with van der Waals surface area (Å²) in [5, 5.41) is 6.79. The molecule has 3 aromatic rings. The Morgan fingerprint density at radius 1 is 1.10 bits per heavy atom. The molecule has 152 valence electrons. The molecule has 0 fully saturated rings. The molecule has 2 atom stereocenters. The Labute approximate surface area is 165 Å². The number of carbonyl (C=O) groups is 1. The minimum absolute atomic E-state index is 0.0301. The molecule has 29 heavy (non-hydrogen) atoms. The lowest BCUT2D eigenvalue weighted by atomic mass is 9.98. The molecule has 5 nitrogen and oxygen atoms in total. The van der Waals surface area contributed by atoms with Crippen molar-refractivity contribution >= 4 is 5.91 Å². The van der Waals surface area contributed by atoms with Crippen molar-refractivity contribution in [2.45, 2.75) is 32.5 Å². The van der Waals surface area contributed by atoms with Gasteiger partial charge in [-0.15, -0.1) is 0 Å². The third kappa shape index (κ3) is 4.82. The molecule has 0 aliphatic carbocycles. The molecule has 0 saturated carbocycles. The van der Waals surface area contributed by atoms with E-state index in [9.17, 15) is 18.0 Å². The number of benzene rings is 2. The van der Waals surface area contributed by atoms with Crippen LogP contribution in [0, 0.1) is 5.92 Å². The Balaban J connectivity index is 1.81. The van der Waals surface area contributed by atoms with Gasteiger partial charge in [0.25, 0.3) is 5.91 Å². The van der Waals surface area contributed by atoms with Crippen LogP contribution >= 0.6 is 0 Å². The van der Waals surface area contributed by atoms with E-state index < -0.39 is 23.7 Å². The molecule has 0 spiro atoms. The zero-order valence-corrected chi connectivity index (χ0v) is 15.9. The highest BCUT2D eigenvalue weighted by Gasteiger charge is 2.31. The molecule has 1 heterocycles. The Morgan fingerprint density at radius 2 is 1.76 bits per heavy atom. The van der Waals surface area contributed by atoms with Crippen molar-refractivity contribution in [3.05, 3.63) is 71.6 Å². The average molecular weight is 403 g/mol. The Bertz CT molecular complexity index is 953. The summed E-state index contributed by atoms with van der Waals surface area (Å²) in [4.78, 5) is 17.0. The average Bonchev–Trinajstić information content (AvgIpc) is 3.21. The maximum absolute atomic E-state index is 12.7. The predicted octanol–water partition coefficient (Wildman–Crippen LogP) is 5.27. The van der Waals surface area contributed by atoms with E-state index >= 15 is 0 Å². The highest BCUT2D eigenvalue weighted by Crippen LogP contribution is 2.30. The van der Waals surface area contributed by atoms with Crippen LogP contribution in [0.5, 0.6) is 0 Å². The van der Waals surface area contributed by atoms with Gasteiger partial charge in [-0.3, -0.25) is 4.79 Å². The minimum Gasteiger partial charge on any atom is -0.340 e. The van der Waals surface area contributed by atoms with Crippen LogP contribution < -0.4 is 5.32 Å². The van der Waals surface area contributed by atoms with E-state index in [1.807, 2.05) is 44.2 Å². The van der Waals surface area contributed by atoms with Crippen LogP contribution in [-0.4, -0.2) is 16.0 Å². The zero-order valence-electron chi connectivity index (χ0n) is 15.9. The van der Waals surface area contributed by atoms with E-state index in [0.717, 1.165) is 36.2 Å². The lowest BCUT2D eigenvalue weighted by molar-refractivity contribution is -0.137. The number of alkyl halides is 3. The van der Waals surface area contributed by atoms with Crippen molar-refractivity contribution < 1.29 is 22.5 Å². The first-order valence-corrected chi connectivity index (χ1v) is 9.16. The Morgan fingerprint density at radius 3 is 2.34 bits per heavy atom. The third-order valence-electron chi connectivity index (χ3n) is 4.71. The number of amides is 1. The number of hydrogen-bond acceptors (Lipinski definition) is 4. The fraction of sp³-hybridized carbons (Fsp3) is 0.286. The molecule has 1 aromatic heterocycles. The largest absolute Gasteiger partial charge is 0.416 e. The van der Waals surface area contributed by atoms with Gasteiger partial charge in [-0.05, 0) is 30.2 Å². The number of carbonyl (C=O) groups excluding carboxylic acids is 1. The fourth-order valence-corrected chi connectivity index (χ4v) is 2.78. The van der Waals surface area contributed by atoms with Gasteiger partial charge in [0.1, 0.15) is 6.04 Å². The van der Waals surface area contributed by atoms with Crippen molar-refractivity contribution in [1.82, 2.24) is 15.5 Å². The zero-order chi connectivity index (χ0) is 21.0. The first kappa shape index (κ1) is 20.6. The summed E-state index contributed by atoms with van der Waals surface area (Å²) in [5.74, 6) is 0.108. The number of aromatic nitrogens is 2. The topological polar surface area (TPSA) is 68.0 Å². The number of hydrogen-bond donors (Lipinski definition) is 1. The van der Waals surface area contributed by atoms with Crippen LogP contribution in [0.4, 0.5) is 13.2 Å². The maximum Gasteiger partial charge on any atom is 0.416 e. The van der Waals surface area contributed by atoms with Crippen LogP contribution in [0.15, 0.2) is 59.1 Å².